The molecule has 20 rings (SSSR count). The Kier molecular flexibility index (Phi) is 13.2. The van der Waals surface area contributed by atoms with Crippen LogP contribution >= 0.6 is 0 Å². The van der Waals surface area contributed by atoms with Crippen LogP contribution in [0.15, 0.2) is 364 Å². The molecule has 0 amide bonds. The molecule has 0 radical (unpaired) electrons. The van der Waals surface area contributed by atoms with Crippen molar-refractivity contribution in [3.63, 3.8) is 0 Å². The van der Waals surface area contributed by atoms with E-state index < -0.39 is 0 Å². The van der Waals surface area contributed by atoms with Crippen molar-refractivity contribution >= 4 is 87.2 Å². The Morgan fingerprint density at radius 2 is 0.450 bits per heavy atom. The van der Waals surface area contributed by atoms with Crippen LogP contribution in [0.2, 0.25) is 0 Å². The maximum Gasteiger partial charge on any atom is 0.235 e. The van der Waals surface area contributed by atoms with Gasteiger partial charge in [0.2, 0.25) is 5.95 Å². The second kappa shape index (κ2) is 23.2. The van der Waals surface area contributed by atoms with E-state index in [-0.39, 0.29) is 0 Å². The van der Waals surface area contributed by atoms with Gasteiger partial charge in [0.1, 0.15) is 0 Å². The molecule has 15 aromatic carbocycles. The molecule has 0 aliphatic heterocycles. The van der Waals surface area contributed by atoms with E-state index in [9.17, 15) is 0 Å². The van der Waals surface area contributed by atoms with Crippen LogP contribution in [0, 0.1) is 0 Å². The Morgan fingerprint density at radius 3 is 0.940 bits per heavy atom. The first kappa shape index (κ1) is 56.9. The molecule has 0 unspecified atom stereocenters. The lowest BCUT2D eigenvalue weighted by atomic mass is 9.92. The first-order valence-electron chi connectivity index (χ1n) is 34.2. The Morgan fingerprint density at radius 1 is 0.150 bits per heavy atom. The van der Waals surface area contributed by atoms with Gasteiger partial charge in [-0.25, -0.2) is 9.97 Å². The number of hydrogen-bond donors (Lipinski definition) is 0. The average molecular weight is 1270 g/mol. The van der Waals surface area contributed by atoms with Crippen molar-refractivity contribution in [2.45, 2.75) is 0 Å². The topological polar surface area (TPSA) is 45.5 Å². The third-order valence-electron chi connectivity index (χ3n) is 20.3. The van der Waals surface area contributed by atoms with Crippen molar-refractivity contribution in [2.24, 2.45) is 0 Å². The van der Waals surface area contributed by atoms with Crippen LogP contribution in [0.4, 0.5) is 0 Å². The highest BCUT2D eigenvalue weighted by molar-refractivity contribution is 6.15. The number of fused-ring (bicyclic) bond motifs is 12. The smallest absolute Gasteiger partial charge is 0.235 e. The zero-order chi connectivity index (χ0) is 65.8. The van der Waals surface area contributed by atoms with Crippen molar-refractivity contribution in [1.29, 1.82) is 0 Å². The van der Waals surface area contributed by atoms with Gasteiger partial charge in [-0.3, -0.25) is 4.57 Å². The lowest BCUT2D eigenvalue weighted by Gasteiger charge is -2.15. The summed E-state index contributed by atoms with van der Waals surface area (Å²) in [6.07, 6.45) is 0. The fourth-order valence-electron chi connectivity index (χ4n) is 15.7. The normalized spacial score (nSPS) is 11.8. The first-order valence-corrected chi connectivity index (χ1v) is 34.2. The fourth-order valence-corrected chi connectivity index (χ4v) is 15.7. The van der Waals surface area contributed by atoms with Gasteiger partial charge in [-0.1, -0.05) is 237 Å². The maximum absolute atomic E-state index is 5.71. The van der Waals surface area contributed by atoms with Gasteiger partial charge < -0.3 is 13.7 Å². The molecule has 0 saturated heterocycles. The maximum atomic E-state index is 5.71. The van der Waals surface area contributed by atoms with Crippen molar-refractivity contribution < 1.29 is 0 Å². The van der Waals surface area contributed by atoms with Crippen molar-refractivity contribution in [3.05, 3.63) is 364 Å². The van der Waals surface area contributed by atoms with Gasteiger partial charge in [0, 0.05) is 71.3 Å². The van der Waals surface area contributed by atoms with Gasteiger partial charge in [0.15, 0.2) is 0 Å². The summed E-state index contributed by atoms with van der Waals surface area (Å²) in [4.78, 5) is 11.4. The molecule has 0 aliphatic rings. The minimum Gasteiger partial charge on any atom is -0.309 e. The summed E-state index contributed by atoms with van der Waals surface area (Å²) in [5.41, 5.74) is 27.3. The molecule has 0 bridgehead atoms. The van der Waals surface area contributed by atoms with E-state index in [1.165, 1.54) is 65.5 Å². The van der Waals surface area contributed by atoms with Crippen LogP contribution < -0.4 is 0 Å². The standard InChI is InChI=1S/C94H60N6/c1-5-23-61(24-6-1)70-52-71(62-25-7-2-8-26-62)54-72(53-70)63-27-21-28-68(51-63)84-60-85(96-94(95-84)100-89-42-20-16-38-79(89)83-57-65(46-50-91(83)100)67-44-48-81-77-36-14-18-40-87(77)98(93(81)59-67)74-32-11-4-12-33-74)69-29-22-34-75(55-69)99-88-41-19-15-37-78(88)82-56-64(45-49-90(82)99)66-43-47-80-76-35-13-17-39-86(76)97(92(80)58-66)73-30-9-3-10-31-73/h1-60H. The van der Waals surface area contributed by atoms with Crippen LogP contribution in [-0.2, 0) is 0 Å². The summed E-state index contributed by atoms with van der Waals surface area (Å²) in [7, 11) is 0. The average Bonchev–Trinajstić information content (AvgIpc) is 1.59. The van der Waals surface area contributed by atoms with Crippen LogP contribution in [0.3, 0.4) is 0 Å². The van der Waals surface area contributed by atoms with E-state index in [1.54, 1.807) is 0 Å². The monoisotopic (exact) mass is 1270 g/mol. The number of nitrogens with zero attached hydrogens (tertiary/aromatic N) is 6. The minimum atomic E-state index is 0.584. The van der Waals surface area contributed by atoms with Gasteiger partial charge in [0.05, 0.1) is 55.5 Å². The molecular formula is C94H60N6. The summed E-state index contributed by atoms with van der Waals surface area (Å²) in [5.74, 6) is 0.584. The molecule has 466 valence electrons. The van der Waals surface area contributed by atoms with Gasteiger partial charge in [0.25, 0.3) is 0 Å². The molecule has 0 atom stereocenters. The second-order valence-electron chi connectivity index (χ2n) is 26.1. The zero-order valence-electron chi connectivity index (χ0n) is 54.3. The molecule has 0 fully saturated rings. The molecular weight excluding hydrogens is 1210 g/mol. The molecule has 5 aromatic heterocycles. The van der Waals surface area contributed by atoms with Crippen LogP contribution in [-0.4, -0.2) is 28.2 Å². The number of rotatable bonds is 11. The van der Waals surface area contributed by atoms with E-state index in [0.29, 0.717) is 5.95 Å². The summed E-state index contributed by atoms with van der Waals surface area (Å²) < 4.78 is 9.47. The third kappa shape index (κ3) is 9.41. The van der Waals surface area contributed by atoms with E-state index in [2.05, 4.69) is 382 Å². The van der Waals surface area contributed by atoms with Crippen molar-refractivity contribution in [2.75, 3.05) is 0 Å². The lowest BCUT2D eigenvalue weighted by molar-refractivity contribution is 0.995. The molecule has 6 heteroatoms. The van der Waals surface area contributed by atoms with Crippen LogP contribution in [0.25, 0.3) is 188 Å². The number of para-hydroxylation sites is 6. The largest absolute Gasteiger partial charge is 0.309 e. The molecule has 0 N–H and O–H groups in total. The summed E-state index contributed by atoms with van der Waals surface area (Å²) in [6, 6.07) is 132. The third-order valence-corrected chi connectivity index (χ3v) is 20.3. The zero-order valence-corrected chi connectivity index (χ0v) is 54.3. The van der Waals surface area contributed by atoms with Crippen molar-refractivity contribution in [1.82, 2.24) is 28.2 Å². The van der Waals surface area contributed by atoms with E-state index in [0.717, 1.165) is 117 Å². The molecule has 5 heterocycles. The number of aromatic nitrogens is 6. The first-order chi connectivity index (χ1) is 49.6. The molecule has 0 aliphatic carbocycles. The highest BCUT2D eigenvalue weighted by Gasteiger charge is 2.22. The summed E-state index contributed by atoms with van der Waals surface area (Å²) >= 11 is 0. The van der Waals surface area contributed by atoms with Gasteiger partial charge in [-0.05, 0) is 183 Å². The predicted octanol–water partition coefficient (Wildman–Crippen LogP) is 24.5. The molecule has 100 heavy (non-hydrogen) atoms. The van der Waals surface area contributed by atoms with Crippen molar-refractivity contribution in [3.8, 4) is 101 Å². The van der Waals surface area contributed by atoms with Gasteiger partial charge >= 0.3 is 0 Å². The summed E-state index contributed by atoms with van der Waals surface area (Å²) in [6.45, 7) is 0. The molecule has 0 saturated carbocycles. The SMILES string of the molecule is c1ccc(-c2cc(-c3ccccc3)cc(-c3cccc(-c4cc(-c5cccc(-n6c7ccccc7c7cc(-c8ccc9c%10ccccc%10n(-c%10ccccc%10)c9c8)ccc76)c5)nc(-n5c6ccccc6c6cc(-c7ccc8c9ccccc9n(-c9ccccc9)c8c7)ccc65)n4)c3)c2)cc1. The Bertz CT molecular complexity index is 6570. The quantitative estimate of drug-likeness (QED) is 0.130. The second-order valence-corrected chi connectivity index (χ2v) is 26.1. The molecule has 6 nitrogen and oxygen atoms in total. The predicted molar refractivity (Wildman–Crippen MR) is 417 cm³/mol. The van der Waals surface area contributed by atoms with Crippen LogP contribution in [0.1, 0.15) is 0 Å². The van der Waals surface area contributed by atoms with Crippen LogP contribution in [0.5, 0.6) is 0 Å². The molecule has 0 spiro atoms. The highest BCUT2D eigenvalue weighted by atomic mass is 15.2. The minimum absolute atomic E-state index is 0.584. The van der Waals surface area contributed by atoms with E-state index >= 15 is 0 Å². The van der Waals surface area contributed by atoms with E-state index in [4.69, 9.17) is 9.97 Å². The molecule has 20 aromatic rings. The fraction of sp³-hybridized carbons (Fsp3) is 0. The number of hydrogen-bond acceptors (Lipinski definition) is 2. The van der Waals surface area contributed by atoms with Gasteiger partial charge in [-0.2, -0.15) is 0 Å². The van der Waals surface area contributed by atoms with Gasteiger partial charge in [-0.15, -0.1) is 0 Å². The Hall–Kier alpha value is -13.4. The Balaban J connectivity index is 0.748. The lowest BCUT2D eigenvalue weighted by Crippen LogP contribution is -2.04. The highest BCUT2D eigenvalue weighted by Crippen LogP contribution is 2.43. The Labute approximate surface area is 577 Å². The number of benzene rings is 15. The van der Waals surface area contributed by atoms with E-state index in [1.807, 2.05) is 0 Å². The summed E-state index contributed by atoms with van der Waals surface area (Å²) in [5, 5.41) is 9.55.